The van der Waals surface area contributed by atoms with E-state index in [4.69, 9.17) is 0 Å². The second-order valence-corrected chi connectivity index (χ2v) is 4.62. The highest BCUT2D eigenvalue weighted by molar-refractivity contribution is 5.38. The number of hydrogen-bond acceptors (Lipinski definition) is 1. The van der Waals surface area contributed by atoms with Crippen molar-refractivity contribution in [3.8, 4) is 0 Å². The Labute approximate surface area is 110 Å². The highest BCUT2D eigenvalue weighted by atomic mass is 15.0. The van der Waals surface area contributed by atoms with Gasteiger partial charge in [0.1, 0.15) is 0 Å². The summed E-state index contributed by atoms with van der Waals surface area (Å²) in [5.74, 6) is 0. The minimum absolute atomic E-state index is 0.971. The molecule has 0 aliphatic heterocycles. The first-order valence-electron chi connectivity index (χ1n) is 6.23. The summed E-state index contributed by atoms with van der Waals surface area (Å²) in [4.78, 5) is 2.08. The maximum Gasteiger partial charge on any atom is 0.0543 e. The van der Waals surface area contributed by atoms with Gasteiger partial charge in [0.25, 0.3) is 0 Å². The lowest BCUT2D eigenvalue weighted by molar-refractivity contribution is 0.515. The molecule has 0 atom stereocenters. The van der Waals surface area contributed by atoms with Crippen LogP contribution in [0.3, 0.4) is 0 Å². The zero-order valence-corrected chi connectivity index (χ0v) is 11.0. The van der Waals surface area contributed by atoms with Gasteiger partial charge in [0, 0.05) is 0 Å². The van der Waals surface area contributed by atoms with Crippen molar-refractivity contribution in [1.29, 1.82) is 0 Å². The summed E-state index contributed by atoms with van der Waals surface area (Å²) in [6.07, 6.45) is 3.25. The minimum Gasteiger partial charge on any atom is -0.301 e. The molecule has 0 aromatic heterocycles. The maximum atomic E-state index is 2.28. The molecule has 2 rings (SSSR count). The van der Waals surface area contributed by atoms with Gasteiger partial charge in [0.2, 0.25) is 0 Å². The van der Waals surface area contributed by atoms with Crippen LogP contribution in [0.2, 0.25) is 0 Å². The molecule has 0 aliphatic carbocycles. The molecule has 0 saturated carbocycles. The van der Waals surface area contributed by atoms with E-state index >= 15 is 0 Å². The third-order valence-electron chi connectivity index (χ3n) is 2.79. The van der Waals surface area contributed by atoms with E-state index in [1.165, 1.54) is 16.7 Å². The van der Waals surface area contributed by atoms with Crippen LogP contribution < -0.4 is 0 Å². The normalized spacial score (nSPS) is 10.8. The van der Waals surface area contributed by atoms with E-state index in [0.29, 0.717) is 0 Å². The second-order valence-electron chi connectivity index (χ2n) is 4.62. The van der Waals surface area contributed by atoms with Crippen molar-refractivity contribution < 1.29 is 0 Å². The van der Waals surface area contributed by atoms with Gasteiger partial charge in [-0.15, -0.1) is 0 Å². The summed E-state index contributed by atoms with van der Waals surface area (Å²) in [6.45, 7) is 2.15. The average molecular weight is 237 g/mol. The van der Waals surface area contributed by atoms with E-state index in [1.807, 2.05) is 14.1 Å². The van der Waals surface area contributed by atoms with Gasteiger partial charge in [-0.25, -0.2) is 0 Å². The molecule has 0 saturated heterocycles. The van der Waals surface area contributed by atoms with Crippen LogP contribution in [-0.2, 0) is 6.42 Å². The molecule has 0 amide bonds. The van der Waals surface area contributed by atoms with E-state index in [0.717, 1.165) is 6.42 Å². The van der Waals surface area contributed by atoms with Gasteiger partial charge in [-0.3, -0.25) is 0 Å². The van der Waals surface area contributed by atoms with Crippen molar-refractivity contribution in [2.45, 2.75) is 6.42 Å². The molecule has 1 nitrogen and oxygen atoms in total. The smallest absolute Gasteiger partial charge is 0.0543 e. The summed E-state index contributed by atoms with van der Waals surface area (Å²) in [7, 11) is 4.10. The molecule has 2 aromatic carbocycles. The lowest BCUT2D eigenvalue weighted by Crippen LogP contribution is -2.09. The Morgan fingerprint density at radius 3 is 2.11 bits per heavy atom. The Balaban J connectivity index is 2.05. The quantitative estimate of drug-likeness (QED) is 0.768. The third-order valence-corrected chi connectivity index (χ3v) is 2.79. The van der Waals surface area contributed by atoms with E-state index in [-0.39, 0.29) is 0 Å². The predicted molar refractivity (Wildman–Crippen MR) is 77.1 cm³/mol. The standard InChI is InChI=1S/C17H19N/c1-18(2)14-17-11-7-6-10-16(17)13-12-15-8-4-3-5-9-15/h3-11,13-14H,12H2,1-2H3. The highest BCUT2D eigenvalue weighted by Crippen LogP contribution is 2.16. The molecule has 0 aliphatic rings. The first-order chi connectivity index (χ1) is 8.75. The van der Waals surface area contributed by atoms with Crippen molar-refractivity contribution >= 4 is 0 Å². The highest BCUT2D eigenvalue weighted by Gasteiger charge is 2.04. The molecule has 0 N–H and O–H groups in total. The molecule has 1 heteroatoms. The molecule has 2 radical (unpaired) electrons. The lowest BCUT2D eigenvalue weighted by Gasteiger charge is -2.13. The van der Waals surface area contributed by atoms with E-state index < -0.39 is 0 Å². The van der Waals surface area contributed by atoms with E-state index in [2.05, 4.69) is 72.5 Å². The predicted octanol–water partition coefficient (Wildman–Crippen LogP) is 3.55. The van der Waals surface area contributed by atoms with Crippen LogP contribution in [0.25, 0.3) is 0 Å². The van der Waals surface area contributed by atoms with Crippen molar-refractivity contribution in [3.63, 3.8) is 0 Å². The van der Waals surface area contributed by atoms with Crippen molar-refractivity contribution in [1.82, 2.24) is 4.90 Å². The fourth-order valence-corrected chi connectivity index (χ4v) is 1.93. The van der Waals surface area contributed by atoms with Crippen LogP contribution in [0, 0.1) is 13.0 Å². The zero-order valence-electron chi connectivity index (χ0n) is 11.0. The fraction of sp³-hybridized carbons (Fsp3) is 0.176. The SMILES string of the molecule is CN(C)[CH]c1ccccc1[CH]Cc1ccccc1. The Morgan fingerprint density at radius 1 is 0.833 bits per heavy atom. The minimum atomic E-state index is 0.971. The van der Waals surface area contributed by atoms with Crippen LogP contribution in [0.5, 0.6) is 0 Å². The first-order valence-corrected chi connectivity index (χ1v) is 6.23. The molecule has 0 spiro atoms. The molecule has 0 fully saturated rings. The maximum absolute atomic E-state index is 2.28. The number of benzene rings is 2. The number of rotatable bonds is 5. The van der Waals surface area contributed by atoms with Crippen LogP contribution >= 0.6 is 0 Å². The second kappa shape index (κ2) is 6.36. The zero-order chi connectivity index (χ0) is 12.8. The number of nitrogens with zero attached hydrogens (tertiary/aromatic N) is 1. The molecule has 2 aromatic rings. The van der Waals surface area contributed by atoms with Crippen LogP contribution in [0.15, 0.2) is 54.6 Å². The van der Waals surface area contributed by atoms with Crippen molar-refractivity contribution in [2.24, 2.45) is 0 Å². The molecule has 18 heavy (non-hydrogen) atoms. The van der Waals surface area contributed by atoms with Gasteiger partial charge in [-0.05, 0) is 43.6 Å². The molecule has 92 valence electrons. The summed E-state index contributed by atoms with van der Waals surface area (Å²) < 4.78 is 0. The van der Waals surface area contributed by atoms with Gasteiger partial charge in [0.15, 0.2) is 0 Å². The summed E-state index contributed by atoms with van der Waals surface area (Å²) in [6, 6.07) is 19.0. The Bertz CT molecular complexity index is 474. The summed E-state index contributed by atoms with van der Waals surface area (Å²) in [5.41, 5.74) is 3.89. The molecule has 0 bridgehead atoms. The van der Waals surface area contributed by atoms with Crippen molar-refractivity contribution in [2.75, 3.05) is 14.1 Å². The number of hydrogen-bond donors (Lipinski definition) is 0. The monoisotopic (exact) mass is 237 g/mol. The van der Waals surface area contributed by atoms with Gasteiger partial charge in [-0.2, -0.15) is 0 Å². The Morgan fingerprint density at radius 2 is 1.44 bits per heavy atom. The van der Waals surface area contributed by atoms with Gasteiger partial charge < -0.3 is 4.90 Å². The van der Waals surface area contributed by atoms with Gasteiger partial charge in [-0.1, -0.05) is 54.6 Å². The lowest BCUT2D eigenvalue weighted by atomic mass is 9.99. The average Bonchev–Trinajstić information content (AvgIpc) is 2.38. The van der Waals surface area contributed by atoms with E-state index in [9.17, 15) is 0 Å². The van der Waals surface area contributed by atoms with Gasteiger partial charge >= 0.3 is 0 Å². The molecular formula is C17H19N. The third kappa shape index (κ3) is 3.71. The van der Waals surface area contributed by atoms with Gasteiger partial charge in [0.05, 0.1) is 6.54 Å². The Hall–Kier alpha value is -1.60. The van der Waals surface area contributed by atoms with Crippen molar-refractivity contribution in [3.05, 3.63) is 84.3 Å². The topological polar surface area (TPSA) is 3.24 Å². The molecule has 0 unspecified atom stereocenters. The molecular weight excluding hydrogens is 218 g/mol. The molecule has 0 heterocycles. The summed E-state index contributed by atoms with van der Waals surface area (Å²) in [5, 5.41) is 0. The Kier molecular flexibility index (Phi) is 4.54. The first kappa shape index (κ1) is 12.8. The van der Waals surface area contributed by atoms with Crippen LogP contribution in [0.4, 0.5) is 0 Å². The summed E-state index contributed by atoms with van der Waals surface area (Å²) >= 11 is 0. The van der Waals surface area contributed by atoms with E-state index in [1.54, 1.807) is 0 Å². The van der Waals surface area contributed by atoms with Crippen LogP contribution in [-0.4, -0.2) is 19.0 Å². The van der Waals surface area contributed by atoms with Crippen LogP contribution in [0.1, 0.15) is 16.7 Å². The fourth-order valence-electron chi connectivity index (χ4n) is 1.93. The largest absolute Gasteiger partial charge is 0.301 e.